The Morgan fingerprint density at radius 2 is 1.88 bits per heavy atom. The third kappa shape index (κ3) is 3.80. The van der Waals surface area contributed by atoms with E-state index in [9.17, 15) is 23.2 Å². The van der Waals surface area contributed by atoms with Crippen molar-refractivity contribution in [3.05, 3.63) is 62.8 Å². The van der Waals surface area contributed by atoms with E-state index in [0.29, 0.717) is 43.0 Å². The minimum absolute atomic E-state index is 0.0605. The van der Waals surface area contributed by atoms with Gasteiger partial charge >= 0.3 is 0 Å². The van der Waals surface area contributed by atoms with Crippen LogP contribution in [0.3, 0.4) is 0 Å². The summed E-state index contributed by atoms with van der Waals surface area (Å²) in [7, 11) is 0. The predicted molar refractivity (Wildman–Crippen MR) is 111 cm³/mol. The molecule has 0 spiro atoms. The highest BCUT2D eigenvalue weighted by Gasteiger charge is 2.36. The van der Waals surface area contributed by atoms with Crippen molar-refractivity contribution in [1.29, 1.82) is 0 Å². The van der Waals surface area contributed by atoms with Crippen LogP contribution >= 0.6 is 0 Å². The molecule has 2 fully saturated rings. The van der Waals surface area contributed by atoms with Crippen molar-refractivity contribution in [2.24, 2.45) is 5.92 Å². The Labute approximate surface area is 183 Å². The number of fused-ring (bicyclic) bond motifs is 1. The molecule has 32 heavy (non-hydrogen) atoms. The fraction of sp³-hybridized carbons (Fsp3) is 0.478. The average molecular weight is 442 g/mol. The molecule has 1 aliphatic carbocycles. The van der Waals surface area contributed by atoms with Gasteiger partial charge in [-0.05, 0) is 50.3 Å². The Hall–Kier alpha value is -3.10. The molecule has 1 aromatic heterocycles. The highest BCUT2D eigenvalue weighted by molar-refractivity contribution is 5.94. The third-order valence-corrected chi connectivity index (χ3v) is 6.57. The molecular formula is C23H24F2N4O3. The Kier molecular flexibility index (Phi) is 5.27. The van der Waals surface area contributed by atoms with Crippen molar-refractivity contribution in [3.63, 3.8) is 0 Å². The number of aromatic amines is 1. The smallest absolute Gasteiger partial charge is 0.256 e. The lowest BCUT2D eigenvalue weighted by Crippen LogP contribution is -2.43. The van der Waals surface area contributed by atoms with Crippen LogP contribution in [0.2, 0.25) is 0 Å². The van der Waals surface area contributed by atoms with Crippen LogP contribution in [0, 0.1) is 17.6 Å². The summed E-state index contributed by atoms with van der Waals surface area (Å²) in [5.41, 5.74) is 0.937. The van der Waals surface area contributed by atoms with Crippen molar-refractivity contribution in [1.82, 2.24) is 19.8 Å². The van der Waals surface area contributed by atoms with Gasteiger partial charge in [0.25, 0.3) is 11.5 Å². The van der Waals surface area contributed by atoms with E-state index in [1.54, 1.807) is 9.80 Å². The first-order valence-corrected chi connectivity index (χ1v) is 11.1. The number of nitrogens with one attached hydrogen (secondary N) is 1. The lowest BCUT2D eigenvalue weighted by Gasteiger charge is -2.36. The highest BCUT2D eigenvalue weighted by Crippen LogP contribution is 2.33. The number of nitrogens with zero attached hydrogens (tertiary/aromatic N) is 3. The maximum atomic E-state index is 13.7. The second-order valence-electron chi connectivity index (χ2n) is 8.80. The summed E-state index contributed by atoms with van der Waals surface area (Å²) in [6.45, 7) is 1.23. The largest absolute Gasteiger partial charge is 0.337 e. The van der Waals surface area contributed by atoms with Crippen LogP contribution < -0.4 is 5.56 Å². The summed E-state index contributed by atoms with van der Waals surface area (Å²) in [4.78, 5) is 49.2. The molecule has 3 heterocycles. The number of carbonyl (C=O) groups is 2. The van der Waals surface area contributed by atoms with Gasteiger partial charge in [0.2, 0.25) is 5.91 Å². The topological polar surface area (TPSA) is 86.4 Å². The number of halogens is 2. The number of H-pyrrole nitrogens is 1. The molecule has 3 aliphatic rings. The van der Waals surface area contributed by atoms with Gasteiger partial charge in [-0.25, -0.2) is 13.8 Å². The number of piperidine rings is 1. The Bertz CT molecular complexity index is 1140. The van der Waals surface area contributed by atoms with E-state index in [1.807, 2.05) is 0 Å². The third-order valence-electron chi connectivity index (χ3n) is 6.57. The molecule has 2 amide bonds. The Morgan fingerprint density at radius 1 is 1.06 bits per heavy atom. The summed E-state index contributed by atoms with van der Waals surface area (Å²) in [5, 5.41) is 0. The van der Waals surface area contributed by atoms with Gasteiger partial charge in [-0.2, -0.15) is 0 Å². The zero-order valence-electron chi connectivity index (χ0n) is 17.6. The normalized spacial score (nSPS) is 20.8. The van der Waals surface area contributed by atoms with Crippen molar-refractivity contribution in [2.45, 2.75) is 51.1 Å². The van der Waals surface area contributed by atoms with E-state index < -0.39 is 23.6 Å². The van der Waals surface area contributed by atoms with Crippen LogP contribution in [0.25, 0.3) is 0 Å². The van der Waals surface area contributed by atoms with Crippen molar-refractivity contribution in [3.8, 4) is 0 Å². The van der Waals surface area contributed by atoms with E-state index in [2.05, 4.69) is 9.97 Å². The second kappa shape index (κ2) is 8.11. The molecule has 1 saturated carbocycles. The van der Waals surface area contributed by atoms with E-state index in [4.69, 9.17) is 0 Å². The molecule has 7 nitrogen and oxygen atoms in total. The van der Waals surface area contributed by atoms with Crippen LogP contribution in [0.4, 0.5) is 8.78 Å². The molecular weight excluding hydrogens is 418 g/mol. The van der Waals surface area contributed by atoms with Crippen LogP contribution in [0.1, 0.15) is 65.6 Å². The molecule has 5 rings (SSSR count). The van der Waals surface area contributed by atoms with E-state index >= 15 is 0 Å². The second-order valence-corrected chi connectivity index (χ2v) is 8.80. The maximum absolute atomic E-state index is 13.7. The molecule has 0 unspecified atom stereocenters. The van der Waals surface area contributed by atoms with E-state index in [1.165, 1.54) is 6.07 Å². The van der Waals surface area contributed by atoms with Crippen LogP contribution in [-0.4, -0.2) is 44.7 Å². The number of carbonyl (C=O) groups excluding carboxylic acids is 2. The summed E-state index contributed by atoms with van der Waals surface area (Å²) >= 11 is 0. The number of likely N-dealkylation sites (tertiary alicyclic amines) is 1. The molecule has 1 aromatic carbocycles. The van der Waals surface area contributed by atoms with Gasteiger partial charge in [0.15, 0.2) is 11.6 Å². The minimum atomic E-state index is -1.07. The molecule has 1 saturated heterocycles. The van der Waals surface area contributed by atoms with Crippen LogP contribution in [0.5, 0.6) is 0 Å². The first-order valence-electron chi connectivity index (χ1n) is 11.1. The fourth-order valence-corrected chi connectivity index (χ4v) is 4.63. The van der Waals surface area contributed by atoms with Crippen molar-refractivity contribution in [2.75, 3.05) is 13.1 Å². The number of hydrogen-bond donors (Lipinski definition) is 1. The van der Waals surface area contributed by atoms with Gasteiger partial charge < -0.3 is 14.8 Å². The van der Waals surface area contributed by atoms with Crippen LogP contribution in [0.15, 0.2) is 23.0 Å². The maximum Gasteiger partial charge on any atom is 0.256 e. The lowest BCUT2D eigenvalue weighted by molar-refractivity contribution is -0.133. The number of rotatable bonds is 3. The quantitative estimate of drug-likeness (QED) is 0.792. The van der Waals surface area contributed by atoms with Gasteiger partial charge in [-0.15, -0.1) is 0 Å². The average Bonchev–Trinajstić information content (AvgIpc) is 3.65. The number of amides is 2. The molecule has 9 heteroatoms. The predicted octanol–water partition coefficient (Wildman–Crippen LogP) is 2.71. The van der Waals surface area contributed by atoms with Crippen molar-refractivity contribution >= 4 is 11.8 Å². The molecule has 2 aromatic rings. The SMILES string of the molecule is O=C(C1CC1)N1CCc2nc([C@H]3CCCCN3C(=O)c3ccc(F)c(F)c3)[nH]c(=O)c2C1. The van der Waals surface area contributed by atoms with E-state index in [-0.39, 0.29) is 29.5 Å². The Balaban J connectivity index is 1.42. The van der Waals surface area contributed by atoms with Gasteiger partial charge in [0, 0.05) is 31.0 Å². The van der Waals surface area contributed by atoms with Crippen molar-refractivity contribution < 1.29 is 18.4 Å². The Morgan fingerprint density at radius 3 is 2.62 bits per heavy atom. The minimum Gasteiger partial charge on any atom is -0.337 e. The number of benzene rings is 1. The highest BCUT2D eigenvalue weighted by atomic mass is 19.2. The molecule has 168 valence electrons. The fourth-order valence-electron chi connectivity index (χ4n) is 4.63. The zero-order chi connectivity index (χ0) is 22.4. The van der Waals surface area contributed by atoms with Gasteiger partial charge in [0.05, 0.1) is 23.8 Å². The van der Waals surface area contributed by atoms with Gasteiger partial charge in [0.1, 0.15) is 5.82 Å². The molecule has 2 aliphatic heterocycles. The molecule has 0 radical (unpaired) electrons. The van der Waals surface area contributed by atoms with Gasteiger partial charge in [-0.1, -0.05) is 0 Å². The lowest BCUT2D eigenvalue weighted by atomic mass is 9.99. The number of aromatic nitrogens is 2. The summed E-state index contributed by atoms with van der Waals surface area (Å²) in [6, 6.07) is 2.65. The zero-order valence-corrected chi connectivity index (χ0v) is 17.6. The molecule has 1 N–H and O–H groups in total. The number of hydrogen-bond acceptors (Lipinski definition) is 4. The molecule has 0 bridgehead atoms. The summed E-state index contributed by atoms with van der Waals surface area (Å²) in [6.07, 6.45) is 4.58. The van der Waals surface area contributed by atoms with Crippen LogP contribution in [-0.2, 0) is 17.8 Å². The first-order chi connectivity index (χ1) is 15.4. The van der Waals surface area contributed by atoms with Gasteiger partial charge in [-0.3, -0.25) is 14.4 Å². The first kappa shape index (κ1) is 20.8. The molecule has 1 atom stereocenters. The van der Waals surface area contributed by atoms with E-state index in [0.717, 1.165) is 37.8 Å². The monoisotopic (exact) mass is 442 g/mol. The summed E-state index contributed by atoms with van der Waals surface area (Å²) < 4.78 is 27.0. The standard InChI is InChI=1S/C23H24F2N4O3/c24-16-7-6-14(11-17(16)25)23(32)29-9-2-1-3-19(29)20-26-18-8-10-28(22(31)13-4-5-13)12-15(18)21(30)27-20/h6-7,11,13,19H,1-5,8-10,12H2,(H,26,27,30)/t19-/m1/s1. The summed E-state index contributed by atoms with van der Waals surface area (Å²) in [5.74, 6) is -1.89.